The molecule has 0 fully saturated rings. The second-order valence-electron chi connectivity index (χ2n) is 4.79. The van der Waals surface area contributed by atoms with Gasteiger partial charge in [0.05, 0.1) is 6.26 Å². The molecule has 0 bridgehead atoms. The number of aryl methyl sites for hydroxylation is 1. The van der Waals surface area contributed by atoms with E-state index in [0.29, 0.717) is 12.8 Å². The topological polar surface area (TPSA) is 109 Å². The minimum Gasteiger partial charge on any atom is -0.481 e. The highest BCUT2D eigenvalue weighted by molar-refractivity contribution is 5.94. The number of carboxylic acid groups (broad SMARTS) is 1. The Morgan fingerprint density at radius 3 is 2.71 bits per heavy atom. The molecule has 0 saturated carbocycles. The normalized spacial score (nSPS) is 11.7. The maximum atomic E-state index is 11.5. The van der Waals surface area contributed by atoms with Crippen LogP contribution in [0.1, 0.15) is 38.4 Å². The summed E-state index contributed by atoms with van der Waals surface area (Å²) in [7, 11) is 0. The molecular formula is C14H20N2O5. The molecule has 3 N–H and O–H groups in total. The molecule has 0 radical (unpaired) electrons. The van der Waals surface area contributed by atoms with Gasteiger partial charge in [-0.1, -0.05) is 0 Å². The van der Waals surface area contributed by atoms with E-state index in [2.05, 4.69) is 10.6 Å². The Morgan fingerprint density at radius 2 is 2.10 bits per heavy atom. The molecule has 3 amide bonds. The number of furan rings is 1. The van der Waals surface area contributed by atoms with Gasteiger partial charge in [0.15, 0.2) is 0 Å². The molecule has 0 saturated heterocycles. The first kappa shape index (κ1) is 16.7. The van der Waals surface area contributed by atoms with E-state index in [-0.39, 0.29) is 25.3 Å². The van der Waals surface area contributed by atoms with Crippen molar-refractivity contribution in [1.29, 1.82) is 0 Å². The van der Waals surface area contributed by atoms with Crippen molar-refractivity contribution in [1.82, 2.24) is 10.6 Å². The van der Waals surface area contributed by atoms with Crippen molar-refractivity contribution in [3.8, 4) is 0 Å². The first-order valence-corrected chi connectivity index (χ1v) is 6.82. The van der Waals surface area contributed by atoms with Crippen molar-refractivity contribution in [3.63, 3.8) is 0 Å². The summed E-state index contributed by atoms with van der Waals surface area (Å²) in [4.78, 5) is 33.2. The number of hydrogen-bond acceptors (Lipinski definition) is 4. The Balaban J connectivity index is 2.16. The van der Waals surface area contributed by atoms with Crippen LogP contribution in [0.15, 0.2) is 22.8 Å². The number of rotatable bonds is 8. The maximum Gasteiger partial charge on any atom is 0.321 e. The molecule has 7 nitrogen and oxygen atoms in total. The molecule has 0 aliphatic rings. The third-order valence-corrected chi connectivity index (χ3v) is 2.83. The third-order valence-electron chi connectivity index (χ3n) is 2.83. The number of imide groups is 1. The molecule has 116 valence electrons. The number of urea groups is 1. The summed E-state index contributed by atoms with van der Waals surface area (Å²) in [6.45, 7) is 1.83. The fourth-order valence-electron chi connectivity index (χ4n) is 1.73. The molecule has 0 spiro atoms. The predicted octanol–water partition coefficient (Wildman–Crippen LogP) is 1.68. The Morgan fingerprint density at radius 1 is 1.33 bits per heavy atom. The monoisotopic (exact) mass is 296 g/mol. The number of carbonyl (C=O) groups excluding carboxylic acids is 2. The van der Waals surface area contributed by atoms with Crippen molar-refractivity contribution >= 4 is 17.9 Å². The second-order valence-corrected chi connectivity index (χ2v) is 4.79. The molecule has 0 aromatic carbocycles. The molecule has 1 aromatic heterocycles. The Labute approximate surface area is 122 Å². The highest BCUT2D eigenvalue weighted by Gasteiger charge is 2.11. The zero-order valence-electron chi connectivity index (χ0n) is 11.9. The first-order valence-electron chi connectivity index (χ1n) is 6.82. The van der Waals surface area contributed by atoms with Crippen LogP contribution in [0, 0.1) is 0 Å². The summed E-state index contributed by atoms with van der Waals surface area (Å²) in [5.74, 6) is -0.598. The quantitative estimate of drug-likeness (QED) is 0.676. The van der Waals surface area contributed by atoms with Gasteiger partial charge in [0.25, 0.3) is 0 Å². The van der Waals surface area contributed by atoms with E-state index in [0.717, 1.165) is 5.76 Å². The van der Waals surface area contributed by atoms with Gasteiger partial charge >= 0.3 is 12.0 Å². The van der Waals surface area contributed by atoms with Crippen LogP contribution in [0.4, 0.5) is 4.79 Å². The summed E-state index contributed by atoms with van der Waals surface area (Å²) in [6.07, 6.45) is 3.11. The number of hydrogen-bond donors (Lipinski definition) is 3. The molecule has 1 rings (SSSR count). The van der Waals surface area contributed by atoms with Gasteiger partial charge in [0.1, 0.15) is 5.76 Å². The second kappa shape index (κ2) is 8.78. The molecular weight excluding hydrogens is 276 g/mol. The van der Waals surface area contributed by atoms with Gasteiger partial charge in [0.2, 0.25) is 5.91 Å². The Bertz CT molecular complexity index is 470. The Hall–Kier alpha value is -2.31. The van der Waals surface area contributed by atoms with Gasteiger partial charge in [-0.15, -0.1) is 0 Å². The lowest BCUT2D eigenvalue weighted by Gasteiger charge is -2.13. The van der Waals surface area contributed by atoms with E-state index in [1.54, 1.807) is 12.3 Å². The predicted molar refractivity (Wildman–Crippen MR) is 74.7 cm³/mol. The van der Waals surface area contributed by atoms with E-state index in [9.17, 15) is 14.4 Å². The lowest BCUT2D eigenvalue weighted by molar-refractivity contribution is -0.137. The summed E-state index contributed by atoms with van der Waals surface area (Å²) in [5.41, 5.74) is 0. The van der Waals surface area contributed by atoms with Crippen LogP contribution in [0.5, 0.6) is 0 Å². The fourth-order valence-corrected chi connectivity index (χ4v) is 1.73. The summed E-state index contributed by atoms with van der Waals surface area (Å²) >= 11 is 0. The average molecular weight is 296 g/mol. The zero-order chi connectivity index (χ0) is 15.7. The van der Waals surface area contributed by atoms with Crippen LogP contribution in [-0.2, 0) is 16.0 Å². The fraction of sp³-hybridized carbons (Fsp3) is 0.500. The largest absolute Gasteiger partial charge is 0.481 e. The van der Waals surface area contributed by atoms with Crippen molar-refractivity contribution in [2.45, 2.75) is 45.1 Å². The molecule has 0 aliphatic heterocycles. The maximum absolute atomic E-state index is 11.5. The van der Waals surface area contributed by atoms with Crippen molar-refractivity contribution in [3.05, 3.63) is 24.2 Å². The molecule has 1 heterocycles. The van der Waals surface area contributed by atoms with E-state index < -0.39 is 17.9 Å². The van der Waals surface area contributed by atoms with Crippen LogP contribution in [0.3, 0.4) is 0 Å². The van der Waals surface area contributed by atoms with E-state index >= 15 is 0 Å². The van der Waals surface area contributed by atoms with E-state index in [1.165, 1.54) is 0 Å². The minimum absolute atomic E-state index is 0.0144. The van der Waals surface area contributed by atoms with Crippen LogP contribution >= 0.6 is 0 Å². The van der Waals surface area contributed by atoms with Crippen LogP contribution in [-0.4, -0.2) is 29.1 Å². The first-order chi connectivity index (χ1) is 9.97. The van der Waals surface area contributed by atoms with Gasteiger partial charge in [-0.25, -0.2) is 4.79 Å². The summed E-state index contributed by atoms with van der Waals surface area (Å²) in [6, 6.07) is 2.98. The highest BCUT2D eigenvalue weighted by Crippen LogP contribution is 2.05. The molecule has 7 heteroatoms. The van der Waals surface area contributed by atoms with Crippen LogP contribution < -0.4 is 10.6 Å². The van der Waals surface area contributed by atoms with Crippen LogP contribution in [0.25, 0.3) is 0 Å². The highest BCUT2D eigenvalue weighted by atomic mass is 16.4. The lowest BCUT2D eigenvalue weighted by Crippen LogP contribution is -2.43. The average Bonchev–Trinajstić information content (AvgIpc) is 2.88. The molecule has 1 atom stereocenters. The molecule has 1 aromatic rings. The van der Waals surface area contributed by atoms with Gasteiger partial charge in [0, 0.05) is 25.3 Å². The summed E-state index contributed by atoms with van der Waals surface area (Å²) < 4.78 is 5.19. The Kier molecular flexibility index (Phi) is 7.00. The van der Waals surface area contributed by atoms with Crippen molar-refractivity contribution in [2.75, 3.05) is 0 Å². The minimum atomic E-state index is -0.959. The summed E-state index contributed by atoms with van der Waals surface area (Å²) in [5, 5.41) is 13.3. The van der Waals surface area contributed by atoms with Crippen LogP contribution in [0.2, 0.25) is 0 Å². The van der Waals surface area contributed by atoms with Gasteiger partial charge in [-0.3, -0.25) is 14.9 Å². The number of carbonyl (C=O) groups is 3. The van der Waals surface area contributed by atoms with Gasteiger partial charge in [-0.2, -0.15) is 0 Å². The molecule has 0 aliphatic carbocycles. The third kappa shape index (κ3) is 7.76. The number of carboxylic acids is 1. The molecule has 21 heavy (non-hydrogen) atoms. The molecule has 1 unspecified atom stereocenters. The number of amides is 3. The number of aliphatic carboxylic acids is 1. The standard InChI is InChI=1S/C14H20N2O5/c1-10(7-8-11-4-3-9-21-11)15-14(20)16-12(17)5-2-6-13(18)19/h3-4,9-10H,2,5-8H2,1H3,(H,18,19)(H2,15,16,17,20). The van der Waals surface area contributed by atoms with Gasteiger partial charge < -0.3 is 14.8 Å². The van der Waals surface area contributed by atoms with Crippen molar-refractivity contribution in [2.24, 2.45) is 0 Å². The lowest BCUT2D eigenvalue weighted by atomic mass is 10.1. The number of nitrogens with one attached hydrogen (secondary N) is 2. The zero-order valence-corrected chi connectivity index (χ0v) is 11.9. The van der Waals surface area contributed by atoms with E-state index in [4.69, 9.17) is 9.52 Å². The van der Waals surface area contributed by atoms with Crippen molar-refractivity contribution < 1.29 is 23.9 Å². The smallest absolute Gasteiger partial charge is 0.321 e. The van der Waals surface area contributed by atoms with Gasteiger partial charge in [-0.05, 0) is 31.9 Å². The SMILES string of the molecule is CC(CCc1ccco1)NC(=O)NC(=O)CCCC(=O)O. The van der Waals surface area contributed by atoms with E-state index in [1.807, 2.05) is 13.0 Å².